The van der Waals surface area contributed by atoms with Gasteiger partial charge in [-0.2, -0.15) is 0 Å². The molecule has 0 aromatic carbocycles. The molecule has 1 saturated heterocycles. The molecule has 19 heavy (non-hydrogen) atoms. The topological polar surface area (TPSA) is 96.8 Å². The van der Waals surface area contributed by atoms with Crippen LogP contribution in [0.2, 0.25) is 0 Å². The molecule has 2 rings (SSSR count). The van der Waals surface area contributed by atoms with Crippen molar-refractivity contribution >= 4 is 11.8 Å². The Morgan fingerprint density at radius 2 is 2.32 bits per heavy atom. The van der Waals surface area contributed by atoms with Crippen LogP contribution in [0.5, 0.6) is 0 Å². The van der Waals surface area contributed by atoms with Crippen LogP contribution in [0.25, 0.3) is 0 Å². The van der Waals surface area contributed by atoms with Gasteiger partial charge in [-0.05, 0) is 30.9 Å². The quantitative estimate of drug-likeness (QED) is 0.804. The predicted molar refractivity (Wildman–Crippen MR) is 67.0 cm³/mol. The molecule has 1 aliphatic heterocycles. The Balaban J connectivity index is 1.90. The molecule has 2 amide bonds. The van der Waals surface area contributed by atoms with Crippen molar-refractivity contribution in [3.8, 4) is 0 Å². The number of rotatable bonds is 4. The van der Waals surface area contributed by atoms with Gasteiger partial charge in [0.1, 0.15) is 0 Å². The summed E-state index contributed by atoms with van der Waals surface area (Å²) >= 11 is 0. The highest BCUT2D eigenvalue weighted by molar-refractivity contribution is 5.85. The molecule has 6 heteroatoms. The minimum atomic E-state index is -1.58. The van der Waals surface area contributed by atoms with Gasteiger partial charge in [0.25, 0.3) is 5.91 Å². The highest BCUT2D eigenvalue weighted by atomic mass is 16.3. The number of nitrogens with two attached hydrogens (primary N) is 1. The highest BCUT2D eigenvalue weighted by Crippen LogP contribution is 2.21. The van der Waals surface area contributed by atoms with Crippen LogP contribution in [0.1, 0.15) is 24.8 Å². The molecule has 0 bridgehead atoms. The number of carbonyl (C=O) groups is 2. The Labute approximate surface area is 111 Å². The molecular weight excluding hydrogens is 248 g/mol. The first-order valence-corrected chi connectivity index (χ1v) is 6.32. The van der Waals surface area contributed by atoms with E-state index in [1.807, 2.05) is 6.07 Å². The van der Waals surface area contributed by atoms with Gasteiger partial charge in [-0.3, -0.25) is 9.59 Å². The molecule has 1 aromatic rings. The first-order valence-electron chi connectivity index (χ1n) is 6.32. The monoisotopic (exact) mass is 266 g/mol. The number of hydrogen-bond donors (Lipinski definition) is 2. The summed E-state index contributed by atoms with van der Waals surface area (Å²) in [6.07, 6.45) is 4.97. The fourth-order valence-electron chi connectivity index (χ4n) is 2.29. The van der Waals surface area contributed by atoms with Crippen molar-refractivity contribution in [1.29, 1.82) is 0 Å². The second-order valence-electron chi connectivity index (χ2n) is 4.95. The third kappa shape index (κ3) is 3.14. The number of furan rings is 1. The molecule has 1 aliphatic rings. The number of aliphatic hydroxyl groups is 1. The summed E-state index contributed by atoms with van der Waals surface area (Å²) < 4.78 is 4.93. The van der Waals surface area contributed by atoms with Gasteiger partial charge in [0.15, 0.2) is 5.60 Å². The summed E-state index contributed by atoms with van der Waals surface area (Å²) in [5.74, 6) is -0.847. The second kappa shape index (κ2) is 5.44. The van der Waals surface area contributed by atoms with E-state index in [-0.39, 0.29) is 12.5 Å². The Morgan fingerprint density at radius 3 is 2.95 bits per heavy atom. The zero-order valence-electron chi connectivity index (χ0n) is 10.7. The summed E-state index contributed by atoms with van der Waals surface area (Å²) in [7, 11) is 0. The molecule has 104 valence electrons. The van der Waals surface area contributed by atoms with Gasteiger partial charge in [-0.25, -0.2) is 0 Å². The Morgan fingerprint density at radius 1 is 1.53 bits per heavy atom. The summed E-state index contributed by atoms with van der Waals surface area (Å²) in [4.78, 5) is 24.8. The molecule has 3 N–H and O–H groups in total. The maximum absolute atomic E-state index is 12.0. The smallest absolute Gasteiger partial charge is 0.251 e. The fraction of sp³-hybridized carbons (Fsp3) is 0.538. The Kier molecular flexibility index (Phi) is 3.90. The second-order valence-corrected chi connectivity index (χ2v) is 4.95. The van der Waals surface area contributed by atoms with Crippen molar-refractivity contribution in [2.45, 2.75) is 31.3 Å². The summed E-state index contributed by atoms with van der Waals surface area (Å²) in [5, 5.41) is 10.0. The van der Waals surface area contributed by atoms with E-state index in [0.29, 0.717) is 32.2 Å². The first-order chi connectivity index (χ1) is 9.01. The minimum absolute atomic E-state index is 0.00739. The van der Waals surface area contributed by atoms with Crippen molar-refractivity contribution < 1.29 is 19.1 Å². The van der Waals surface area contributed by atoms with Crippen LogP contribution in [0.15, 0.2) is 23.0 Å². The molecule has 0 saturated carbocycles. The van der Waals surface area contributed by atoms with Crippen LogP contribution in [0.3, 0.4) is 0 Å². The molecule has 6 nitrogen and oxygen atoms in total. The number of β-amino-alcohol motifs (C(OH)–C–C–N with tert-alkyl or cyclic N) is 1. The molecule has 0 aliphatic carbocycles. The van der Waals surface area contributed by atoms with Gasteiger partial charge >= 0.3 is 0 Å². The van der Waals surface area contributed by atoms with Crippen LogP contribution in [-0.2, 0) is 16.0 Å². The lowest BCUT2D eigenvalue weighted by atomic mass is 9.92. The van der Waals surface area contributed by atoms with Crippen molar-refractivity contribution in [2.24, 2.45) is 5.73 Å². The molecule has 1 aromatic heterocycles. The van der Waals surface area contributed by atoms with Crippen molar-refractivity contribution in [1.82, 2.24) is 4.90 Å². The summed E-state index contributed by atoms with van der Waals surface area (Å²) in [6, 6.07) is 1.81. The molecule has 1 atom stereocenters. The molecule has 2 heterocycles. The lowest BCUT2D eigenvalue weighted by molar-refractivity contribution is -0.148. The van der Waals surface area contributed by atoms with E-state index in [4.69, 9.17) is 10.2 Å². The fourth-order valence-corrected chi connectivity index (χ4v) is 2.29. The molecule has 1 fully saturated rings. The molecular formula is C13H18N2O4. The van der Waals surface area contributed by atoms with Gasteiger partial charge in [-0.15, -0.1) is 0 Å². The van der Waals surface area contributed by atoms with E-state index in [1.54, 1.807) is 12.5 Å². The minimum Gasteiger partial charge on any atom is -0.472 e. The van der Waals surface area contributed by atoms with Crippen LogP contribution in [0.4, 0.5) is 0 Å². The number of piperidine rings is 1. The van der Waals surface area contributed by atoms with Gasteiger partial charge < -0.3 is 20.2 Å². The summed E-state index contributed by atoms with van der Waals surface area (Å²) in [6.45, 7) is 0.548. The predicted octanol–water partition coefficient (Wildman–Crippen LogP) is 0.0510. The third-order valence-corrected chi connectivity index (χ3v) is 3.49. The van der Waals surface area contributed by atoms with Crippen LogP contribution < -0.4 is 5.73 Å². The Hall–Kier alpha value is -1.82. The lowest BCUT2D eigenvalue weighted by Crippen LogP contribution is -2.57. The van der Waals surface area contributed by atoms with Crippen LogP contribution in [-0.4, -0.2) is 40.5 Å². The van der Waals surface area contributed by atoms with E-state index in [9.17, 15) is 14.7 Å². The van der Waals surface area contributed by atoms with Crippen LogP contribution in [0, 0.1) is 0 Å². The van der Waals surface area contributed by atoms with E-state index in [1.165, 1.54) is 4.90 Å². The number of aryl methyl sites for hydroxylation is 1. The Bertz CT molecular complexity index is 457. The number of likely N-dealkylation sites (tertiary alicyclic amines) is 1. The molecule has 0 unspecified atom stereocenters. The van der Waals surface area contributed by atoms with E-state index >= 15 is 0 Å². The number of hydrogen-bond acceptors (Lipinski definition) is 4. The number of amides is 2. The van der Waals surface area contributed by atoms with Crippen LogP contribution >= 0.6 is 0 Å². The maximum atomic E-state index is 12.0. The van der Waals surface area contributed by atoms with Gasteiger partial charge in [0.2, 0.25) is 5.91 Å². The molecule has 0 radical (unpaired) electrons. The standard InChI is InChI=1S/C13H18N2O4/c14-12(17)13(18)5-1-6-15(9-13)11(16)3-2-10-4-7-19-8-10/h4,7-8,18H,1-3,5-6,9H2,(H2,14,17)/t13-/m1/s1. The summed E-state index contributed by atoms with van der Waals surface area (Å²) in [5.41, 5.74) is 4.55. The van der Waals surface area contributed by atoms with E-state index < -0.39 is 11.5 Å². The lowest BCUT2D eigenvalue weighted by Gasteiger charge is -2.37. The van der Waals surface area contributed by atoms with Crippen molar-refractivity contribution in [3.63, 3.8) is 0 Å². The number of nitrogens with zero attached hydrogens (tertiary/aromatic N) is 1. The van der Waals surface area contributed by atoms with Gasteiger partial charge in [-0.1, -0.05) is 0 Å². The molecule has 0 spiro atoms. The van der Waals surface area contributed by atoms with Crippen molar-refractivity contribution in [3.05, 3.63) is 24.2 Å². The maximum Gasteiger partial charge on any atom is 0.251 e. The first kappa shape index (κ1) is 13.6. The third-order valence-electron chi connectivity index (χ3n) is 3.49. The number of primary amides is 1. The normalized spacial score (nSPS) is 23.3. The van der Waals surface area contributed by atoms with Crippen molar-refractivity contribution in [2.75, 3.05) is 13.1 Å². The van der Waals surface area contributed by atoms with E-state index in [0.717, 1.165) is 5.56 Å². The zero-order chi connectivity index (χ0) is 13.9. The largest absolute Gasteiger partial charge is 0.472 e. The highest BCUT2D eigenvalue weighted by Gasteiger charge is 2.39. The van der Waals surface area contributed by atoms with E-state index in [2.05, 4.69) is 0 Å². The average Bonchev–Trinajstić information content (AvgIpc) is 2.89. The average molecular weight is 266 g/mol. The number of carbonyl (C=O) groups excluding carboxylic acids is 2. The SMILES string of the molecule is NC(=O)[C@@]1(O)CCCN(C(=O)CCc2ccoc2)C1. The van der Waals surface area contributed by atoms with Gasteiger partial charge in [0, 0.05) is 13.0 Å². The van der Waals surface area contributed by atoms with Gasteiger partial charge in [0.05, 0.1) is 19.1 Å². The zero-order valence-corrected chi connectivity index (χ0v) is 10.7.